The van der Waals surface area contributed by atoms with E-state index in [1.807, 2.05) is 73.1 Å². The molecule has 5 heterocycles. The zero-order chi connectivity index (χ0) is 26.2. The number of hydrogen-bond acceptors (Lipinski definition) is 6. The average molecular weight is 502 g/mol. The van der Waals surface area contributed by atoms with E-state index in [1.54, 1.807) is 29.2 Å². The van der Waals surface area contributed by atoms with Gasteiger partial charge >= 0.3 is 0 Å². The Morgan fingerprint density at radius 1 is 0.974 bits per heavy atom. The molecule has 1 amide bonds. The summed E-state index contributed by atoms with van der Waals surface area (Å²) in [6.07, 6.45) is 5.17. The number of carbonyl (C=O) groups excluding carboxylic acids is 1. The van der Waals surface area contributed by atoms with Crippen LogP contribution in [0.5, 0.6) is 0 Å². The normalized spacial score (nSPS) is 11.8. The van der Waals surface area contributed by atoms with Crippen molar-refractivity contribution in [3.63, 3.8) is 0 Å². The van der Waals surface area contributed by atoms with Gasteiger partial charge < -0.3 is 11.1 Å². The van der Waals surface area contributed by atoms with E-state index < -0.39 is 11.9 Å². The molecule has 10 nitrogen and oxygen atoms in total. The fourth-order valence-corrected chi connectivity index (χ4v) is 4.46. The molecule has 186 valence electrons. The van der Waals surface area contributed by atoms with Gasteiger partial charge in [0, 0.05) is 25.0 Å². The van der Waals surface area contributed by atoms with E-state index in [2.05, 4.69) is 32.3 Å². The number of amides is 1. The highest BCUT2D eigenvalue weighted by Crippen LogP contribution is 2.31. The van der Waals surface area contributed by atoms with Gasteiger partial charge in [0.05, 0.1) is 34.9 Å². The lowest BCUT2D eigenvalue weighted by Gasteiger charge is -2.15. The van der Waals surface area contributed by atoms with E-state index in [0.717, 1.165) is 22.5 Å². The topological polar surface area (TPSA) is 120 Å². The van der Waals surface area contributed by atoms with Gasteiger partial charge in [0.25, 0.3) is 5.91 Å². The Balaban J connectivity index is 1.45. The van der Waals surface area contributed by atoms with E-state index in [9.17, 15) is 4.79 Å². The van der Waals surface area contributed by atoms with Crippen molar-refractivity contribution in [3.05, 3.63) is 102 Å². The molecule has 0 saturated heterocycles. The standard InChI is InChI=1S/C28H23N9O/c1-18(32-28(38)26-27(29)34-23-12-7-15-30-37(23)26)24-25(20-8-4-3-5-9-20)36-21(10-6-11-22(36)33-24)14-13-19-16-31-35(2)17-19/h3-12,15-18H,29H2,1-2H3,(H,32,38)/t18-/m0/s1. The van der Waals surface area contributed by atoms with Crippen LogP contribution in [0.2, 0.25) is 0 Å². The van der Waals surface area contributed by atoms with Gasteiger partial charge in [-0.25, -0.2) is 14.5 Å². The number of imidazole rings is 2. The predicted molar refractivity (Wildman–Crippen MR) is 143 cm³/mol. The summed E-state index contributed by atoms with van der Waals surface area (Å²) in [6.45, 7) is 1.89. The van der Waals surface area contributed by atoms with Crippen LogP contribution in [0.15, 0.2) is 79.3 Å². The van der Waals surface area contributed by atoms with Gasteiger partial charge in [-0.3, -0.25) is 13.9 Å². The van der Waals surface area contributed by atoms with Crippen LogP contribution >= 0.6 is 0 Å². The Hall–Kier alpha value is -5.43. The smallest absolute Gasteiger partial charge is 0.274 e. The molecule has 0 spiro atoms. The third-order valence-corrected chi connectivity index (χ3v) is 6.15. The molecular weight excluding hydrogens is 478 g/mol. The quantitative estimate of drug-likeness (QED) is 0.358. The van der Waals surface area contributed by atoms with Crippen LogP contribution < -0.4 is 11.1 Å². The molecule has 0 radical (unpaired) electrons. The van der Waals surface area contributed by atoms with Gasteiger partial charge in [-0.1, -0.05) is 42.3 Å². The van der Waals surface area contributed by atoms with Crippen molar-refractivity contribution in [1.82, 2.24) is 39.1 Å². The molecule has 0 bridgehead atoms. The lowest BCUT2D eigenvalue weighted by molar-refractivity contribution is 0.0933. The molecule has 10 heteroatoms. The van der Waals surface area contributed by atoms with E-state index in [0.29, 0.717) is 17.0 Å². The number of rotatable bonds is 4. The third-order valence-electron chi connectivity index (χ3n) is 6.15. The Morgan fingerprint density at radius 3 is 2.58 bits per heavy atom. The Morgan fingerprint density at radius 2 is 1.79 bits per heavy atom. The monoisotopic (exact) mass is 501 g/mol. The molecule has 6 aromatic rings. The van der Waals surface area contributed by atoms with Crippen molar-refractivity contribution in [2.24, 2.45) is 7.05 Å². The summed E-state index contributed by atoms with van der Waals surface area (Å²) < 4.78 is 5.16. The number of carbonyl (C=O) groups is 1. The molecule has 38 heavy (non-hydrogen) atoms. The number of fused-ring (bicyclic) bond motifs is 2. The van der Waals surface area contributed by atoms with Gasteiger partial charge in [-0.2, -0.15) is 10.2 Å². The number of aryl methyl sites for hydroxylation is 1. The van der Waals surface area contributed by atoms with Crippen molar-refractivity contribution < 1.29 is 4.79 Å². The maximum Gasteiger partial charge on any atom is 0.274 e. The van der Waals surface area contributed by atoms with Crippen LogP contribution in [0.4, 0.5) is 5.82 Å². The molecule has 1 aromatic carbocycles. The van der Waals surface area contributed by atoms with Crippen LogP contribution in [-0.4, -0.2) is 39.7 Å². The van der Waals surface area contributed by atoms with Crippen molar-refractivity contribution in [2.45, 2.75) is 13.0 Å². The second kappa shape index (κ2) is 9.22. The SMILES string of the molecule is C[C@H](NC(=O)c1c(N)nc2cccnn12)c1nc2cccc(C#Cc3cnn(C)c3)n2c1-c1ccccc1. The maximum atomic E-state index is 13.4. The molecule has 3 N–H and O–H groups in total. The first kappa shape index (κ1) is 23.0. The van der Waals surface area contributed by atoms with Crippen molar-refractivity contribution in [2.75, 3.05) is 5.73 Å². The second-order valence-corrected chi connectivity index (χ2v) is 8.80. The van der Waals surface area contributed by atoms with Crippen LogP contribution in [0.1, 0.15) is 40.4 Å². The number of pyridine rings is 1. The summed E-state index contributed by atoms with van der Waals surface area (Å²) in [5, 5.41) is 11.5. The average Bonchev–Trinajstić information content (AvgIpc) is 3.62. The molecule has 0 aliphatic rings. The number of nitrogens with two attached hydrogens (primary N) is 1. The van der Waals surface area contributed by atoms with Gasteiger partial charge in [0.2, 0.25) is 0 Å². The lowest BCUT2D eigenvalue weighted by atomic mass is 10.1. The largest absolute Gasteiger partial charge is 0.382 e. The summed E-state index contributed by atoms with van der Waals surface area (Å²) in [4.78, 5) is 22.5. The minimum absolute atomic E-state index is 0.111. The first-order valence-electron chi connectivity index (χ1n) is 12.0. The minimum Gasteiger partial charge on any atom is -0.382 e. The first-order chi connectivity index (χ1) is 18.5. The molecule has 0 aliphatic carbocycles. The molecule has 6 rings (SSSR count). The molecule has 0 saturated carbocycles. The van der Waals surface area contributed by atoms with Crippen LogP contribution in [-0.2, 0) is 7.05 Å². The second-order valence-electron chi connectivity index (χ2n) is 8.80. The van der Waals surface area contributed by atoms with E-state index in [4.69, 9.17) is 10.7 Å². The molecule has 0 unspecified atom stereocenters. The van der Waals surface area contributed by atoms with Gasteiger partial charge in [0.15, 0.2) is 17.2 Å². The van der Waals surface area contributed by atoms with Gasteiger partial charge in [0.1, 0.15) is 5.65 Å². The molecule has 1 atom stereocenters. The summed E-state index contributed by atoms with van der Waals surface area (Å²) in [5.74, 6) is 6.17. The summed E-state index contributed by atoms with van der Waals surface area (Å²) in [7, 11) is 1.85. The lowest BCUT2D eigenvalue weighted by Crippen LogP contribution is -2.29. The number of nitrogens with one attached hydrogen (secondary N) is 1. The summed E-state index contributed by atoms with van der Waals surface area (Å²) >= 11 is 0. The first-order valence-corrected chi connectivity index (χ1v) is 12.0. The highest BCUT2D eigenvalue weighted by Gasteiger charge is 2.25. The Labute approximate surface area is 217 Å². The summed E-state index contributed by atoms with van der Waals surface area (Å²) in [6, 6.07) is 18.7. The van der Waals surface area contributed by atoms with Crippen molar-refractivity contribution in [3.8, 4) is 23.1 Å². The molecule has 0 aliphatic heterocycles. The zero-order valence-corrected chi connectivity index (χ0v) is 20.7. The van der Waals surface area contributed by atoms with Crippen molar-refractivity contribution >= 4 is 23.0 Å². The maximum absolute atomic E-state index is 13.4. The zero-order valence-electron chi connectivity index (χ0n) is 20.7. The number of benzene rings is 1. The van der Waals surface area contributed by atoms with Gasteiger partial charge in [-0.15, -0.1) is 0 Å². The van der Waals surface area contributed by atoms with E-state index >= 15 is 0 Å². The van der Waals surface area contributed by atoms with E-state index in [1.165, 1.54) is 4.52 Å². The van der Waals surface area contributed by atoms with Crippen LogP contribution in [0, 0.1) is 11.8 Å². The van der Waals surface area contributed by atoms with Crippen LogP contribution in [0.3, 0.4) is 0 Å². The van der Waals surface area contributed by atoms with Gasteiger partial charge in [-0.05, 0) is 37.1 Å². The Bertz CT molecular complexity index is 1870. The third kappa shape index (κ3) is 4.02. The number of anilines is 1. The summed E-state index contributed by atoms with van der Waals surface area (Å²) in [5.41, 5.74) is 11.5. The fourth-order valence-electron chi connectivity index (χ4n) is 4.46. The molecular formula is C28H23N9O. The molecule has 0 fully saturated rings. The number of aromatic nitrogens is 7. The van der Waals surface area contributed by atoms with Crippen molar-refractivity contribution in [1.29, 1.82) is 0 Å². The highest BCUT2D eigenvalue weighted by molar-refractivity contribution is 5.98. The number of nitrogens with zero attached hydrogens (tertiary/aromatic N) is 7. The fraction of sp³-hybridized carbons (Fsp3) is 0.107. The number of nitrogen functional groups attached to an aromatic ring is 1. The minimum atomic E-state index is -0.467. The Kier molecular flexibility index (Phi) is 5.58. The number of hydrogen-bond donors (Lipinski definition) is 2. The van der Waals surface area contributed by atoms with Crippen LogP contribution in [0.25, 0.3) is 22.6 Å². The predicted octanol–water partition coefficient (Wildman–Crippen LogP) is 3.25. The molecule has 5 aromatic heterocycles. The highest BCUT2D eigenvalue weighted by atomic mass is 16.2. The van der Waals surface area contributed by atoms with E-state index in [-0.39, 0.29) is 11.5 Å².